The van der Waals surface area contributed by atoms with Crippen molar-refractivity contribution >= 4 is 21.8 Å². The fourth-order valence-corrected chi connectivity index (χ4v) is 7.17. The van der Waals surface area contributed by atoms with E-state index in [0.29, 0.717) is 11.5 Å². The van der Waals surface area contributed by atoms with Crippen molar-refractivity contribution in [3.8, 4) is 39.9 Å². The van der Waals surface area contributed by atoms with E-state index in [9.17, 15) is 0 Å². The van der Waals surface area contributed by atoms with Crippen LogP contribution in [-0.2, 0) is 20.4 Å². The van der Waals surface area contributed by atoms with Gasteiger partial charge >= 0.3 is 20.4 Å². The Morgan fingerprint density at radius 2 is 1.44 bits per heavy atom. The molecule has 0 aliphatic heterocycles. The fraction of sp³-hybridized carbons (Fsp3) is 0.256. The summed E-state index contributed by atoms with van der Waals surface area (Å²) in [6.07, 6.45) is 1.76. The Morgan fingerprint density at radius 3 is 2.14 bits per heavy atom. The van der Waals surface area contributed by atoms with Gasteiger partial charge in [-0.2, -0.15) is 16.7 Å². The van der Waals surface area contributed by atoms with Gasteiger partial charge in [-0.25, -0.2) is 4.98 Å². The molecule has 7 rings (SSSR count). The number of aryl methyl sites for hydroxylation is 4. The van der Waals surface area contributed by atoms with Crippen LogP contribution in [0.2, 0.25) is 0 Å². The number of aromatic nitrogens is 4. The molecule has 50 heavy (non-hydrogen) atoms. The molecule has 0 spiro atoms. The van der Waals surface area contributed by atoms with E-state index in [-0.39, 0.29) is 32.3 Å². The van der Waals surface area contributed by atoms with Crippen LogP contribution in [0.3, 0.4) is 0 Å². The van der Waals surface area contributed by atoms with Gasteiger partial charge in [-0.1, -0.05) is 76.0 Å². The molecule has 0 fully saturated rings. The first-order chi connectivity index (χ1) is 23.5. The summed E-state index contributed by atoms with van der Waals surface area (Å²) in [5, 5.41) is 7.48. The molecule has 0 unspecified atom stereocenters. The SMILES string of the molecule is COc1ccnc(-n2c3[c-]c(Oc4[c-]c(-n5nc(C(C)C)c(-c6c(C)cc(C)cc6C)c5C(C)C)cc(C)c4)ccc3c3ccccc32)c1.[Pd+2]. The minimum Gasteiger partial charge on any atom is -0.509 e. The molecule has 0 saturated carbocycles. The second-order valence-electron chi connectivity index (χ2n) is 13.6. The fourth-order valence-electron chi connectivity index (χ4n) is 7.17. The van der Waals surface area contributed by atoms with E-state index in [1.54, 1.807) is 13.3 Å². The Bertz CT molecular complexity index is 2340. The molecule has 3 heterocycles. The zero-order valence-corrected chi connectivity index (χ0v) is 31.6. The zero-order valence-electron chi connectivity index (χ0n) is 30.1. The molecule has 0 radical (unpaired) electrons. The summed E-state index contributed by atoms with van der Waals surface area (Å²) in [6, 6.07) is 32.0. The molecular weight excluding hydrogens is 711 g/mol. The molecule has 3 aromatic heterocycles. The predicted molar refractivity (Wildman–Crippen MR) is 199 cm³/mol. The maximum atomic E-state index is 6.57. The van der Waals surface area contributed by atoms with Gasteiger partial charge in [0.15, 0.2) is 0 Å². The summed E-state index contributed by atoms with van der Waals surface area (Å²) >= 11 is 0. The van der Waals surface area contributed by atoms with Crippen LogP contribution >= 0.6 is 0 Å². The molecule has 0 bridgehead atoms. The Balaban J connectivity index is 0.00000432. The second-order valence-corrected chi connectivity index (χ2v) is 13.6. The van der Waals surface area contributed by atoms with Gasteiger partial charge < -0.3 is 14.0 Å². The van der Waals surface area contributed by atoms with Crippen molar-refractivity contribution in [3.63, 3.8) is 0 Å². The van der Waals surface area contributed by atoms with Gasteiger partial charge in [-0.3, -0.25) is 4.68 Å². The zero-order chi connectivity index (χ0) is 34.6. The first-order valence-corrected chi connectivity index (χ1v) is 16.9. The predicted octanol–water partition coefficient (Wildman–Crippen LogP) is 10.9. The molecule has 0 N–H and O–H groups in total. The van der Waals surface area contributed by atoms with E-state index in [1.807, 2.05) is 30.3 Å². The first kappa shape index (κ1) is 35.1. The van der Waals surface area contributed by atoms with Crippen LogP contribution in [0, 0.1) is 39.8 Å². The van der Waals surface area contributed by atoms with E-state index in [0.717, 1.165) is 50.3 Å². The standard InChI is InChI=1S/C43H42N4O2.Pd/c1-25(2)42-41(40-29(7)18-27(5)19-30(40)8)43(26(3)4)47(45-42)31-20-28(6)21-34(22-31)49-33-14-15-36-35-12-10-11-13-37(35)46(38(36)23-33)39-24-32(48-9)16-17-44-39;/h10-21,24-26H,1-9H3;/q-2;+2. The number of benzene rings is 4. The monoisotopic (exact) mass is 752 g/mol. The largest absolute Gasteiger partial charge is 2.00 e. The molecule has 0 atom stereocenters. The van der Waals surface area contributed by atoms with Crippen molar-refractivity contribution in [2.45, 2.75) is 67.2 Å². The van der Waals surface area contributed by atoms with Gasteiger partial charge in [0.2, 0.25) is 0 Å². The van der Waals surface area contributed by atoms with Gasteiger partial charge in [0.1, 0.15) is 11.6 Å². The van der Waals surface area contributed by atoms with Crippen LogP contribution in [0.1, 0.15) is 73.2 Å². The number of fused-ring (bicyclic) bond motifs is 3. The van der Waals surface area contributed by atoms with Gasteiger partial charge in [0, 0.05) is 34.8 Å². The second kappa shape index (κ2) is 13.9. The van der Waals surface area contributed by atoms with Gasteiger partial charge in [-0.05, 0) is 72.5 Å². The Hall–Kier alpha value is -4.70. The molecular formula is C43H42N4O2Pd. The van der Waals surface area contributed by atoms with Crippen LogP contribution in [0.25, 0.3) is 44.4 Å². The number of ether oxygens (including phenoxy) is 2. The summed E-state index contributed by atoms with van der Waals surface area (Å²) in [5.74, 6) is 3.14. The first-order valence-electron chi connectivity index (χ1n) is 16.9. The molecule has 6 nitrogen and oxygen atoms in total. The van der Waals surface area contributed by atoms with Crippen molar-refractivity contribution < 1.29 is 29.9 Å². The summed E-state index contributed by atoms with van der Waals surface area (Å²) < 4.78 is 16.3. The third-order valence-corrected chi connectivity index (χ3v) is 9.13. The average Bonchev–Trinajstić information content (AvgIpc) is 3.61. The summed E-state index contributed by atoms with van der Waals surface area (Å²) in [4.78, 5) is 4.69. The Morgan fingerprint density at radius 1 is 0.720 bits per heavy atom. The Labute approximate surface area is 308 Å². The van der Waals surface area contributed by atoms with Gasteiger partial charge in [0.25, 0.3) is 0 Å². The van der Waals surface area contributed by atoms with Crippen LogP contribution in [0.15, 0.2) is 79.0 Å². The smallest absolute Gasteiger partial charge is 0.509 e. The van der Waals surface area contributed by atoms with E-state index in [1.165, 1.54) is 33.5 Å². The van der Waals surface area contributed by atoms with E-state index >= 15 is 0 Å². The molecule has 0 aliphatic carbocycles. The maximum Gasteiger partial charge on any atom is 2.00 e. The number of rotatable bonds is 8. The third-order valence-electron chi connectivity index (χ3n) is 9.13. The molecule has 256 valence electrons. The molecule has 7 aromatic rings. The van der Waals surface area contributed by atoms with E-state index in [4.69, 9.17) is 14.6 Å². The van der Waals surface area contributed by atoms with Crippen LogP contribution in [0.5, 0.6) is 17.2 Å². The van der Waals surface area contributed by atoms with E-state index in [2.05, 4.69) is 124 Å². The minimum atomic E-state index is 0. The van der Waals surface area contributed by atoms with E-state index < -0.39 is 0 Å². The average molecular weight is 753 g/mol. The summed E-state index contributed by atoms with van der Waals surface area (Å²) in [7, 11) is 1.66. The summed E-state index contributed by atoms with van der Waals surface area (Å²) in [6.45, 7) is 17.6. The number of para-hydroxylation sites is 1. The van der Waals surface area contributed by atoms with Crippen molar-refractivity contribution in [1.82, 2.24) is 19.3 Å². The van der Waals surface area contributed by atoms with Crippen LogP contribution < -0.4 is 9.47 Å². The number of pyridine rings is 1. The number of nitrogens with zero attached hydrogens (tertiary/aromatic N) is 4. The molecule has 7 heteroatoms. The number of methoxy groups -OCH3 is 1. The quantitative estimate of drug-likeness (QED) is 0.115. The Kier molecular flexibility index (Phi) is 9.77. The van der Waals surface area contributed by atoms with Gasteiger partial charge in [0.05, 0.1) is 18.5 Å². The maximum absolute atomic E-state index is 6.57. The van der Waals surface area contributed by atoms with Crippen molar-refractivity contribution in [3.05, 3.63) is 125 Å². The topological polar surface area (TPSA) is 54.1 Å². The third kappa shape index (κ3) is 6.26. The van der Waals surface area contributed by atoms with Crippen molar-refractivity contribution in [1.29, 1.82) is 0 Å². The molecule has 0 amide bonds. The number of hydrogen-bond acceptors (Lipinski definition) is 4. The summed E-state index contributed by atoms with van der Waals surface area (Å²) in [5.41, 5.74) is 12.4. The van der Waals surface area contributed by atoms with Gasteiger partial charge in [-0.15, -0.1) is 35.7 Å². The molecule has 0 aliphatic rings. The molecule has 0 saturated heterocycles. The van der Waals surface area contributed by atoms with Crippen LogP contribution in [-0.4, -0.2) is 26.4 Å². The van der Waals surface area contributed by atoms with Crippen LogP contribution in [0.4, 0.5) is 0 Å². The van der Waals surface area contributed by atoms with Crippen molar-refractivity contribution in [2.75, 3.05) is 7.11 Å². The number of hydrogen-bond donors (Lipinski definition) is 0. The normalized spacial score (nSPS) is 11.5. The van der Waals surface area contributed by atoms with Crippen molar-refractivity contribution in [2.24, 2.45) is 0 Å². The molecule has 4 aromatic carbocycles. The minimum absolute atomic E-state index is 0.